The first-order valence-corrected chi connectivity index (χ1v) is 10.0. The van der Waals surface area contributed by atoms with Crippen LogP contribution in [0.5, 0.6) is 0 Å². The van der Waals surface area contributed by atoms with Gasteiger partial charge in [0, 0.05) is 5.92 Å². The molecule has 158 valence electrons. The molecule has 0 spiro atoms. The van der Waals surface area contributed by atoms with Crippen molar-refractivity contribution < 1.29 is 24.2 Å². The molecule has 2 aromatic rings. The van der Waals surface area contributed by atoms with E-state index in [1.807, 2.05) is 43.3 Å². The van der Waals surface area contributed by atoms with Crippen LogP contribution in [0.4, 0.5) is 4.79 Å². The van der Waals surface area contributed by atoms with Crippen molar-refractivity contribution in [3.8, 4) is 11.1 Å². The molecule has 30 heavy (non-hydrogen) atoms. The second-order valence-corrected chi connectivity index (χ2v) is 7.45. The molecule has 1 aliphatic rings. The molecule has 0 fully saturated rings. The summed E-state index contributed by atoms with van der Waals surface area (Å²) in [7, 11) is 0. The van der Waals surface area contributed by atoms with Gasteiger partial charge in [0.2, 0.25) is 5.91 Å². The van der Waals surface area contributed by atoms with Crippen molar-refractivity contribution in [2.45, 2.75) is 32.2 Å². The molecule has 3 rings (SSSR count). The lowest BCUT2D eigenvalue weighted by molar-refractivity contribution is -0.143. The van der Waals surface area contributed by atoms with E-state index < -0.39 is 24.0 Å². The van der Waals surface area contributed by atoms with E-state index in [-0.39, 0.29) is 25.0 Å². The molecule has 7 nitrogen and oxygen atoms in total. The highest BCUT2D eigenvalue weighted by Crippen LogP contribution is 2.44. The van der Waals surface area contributed by atoms with Gasteiger partial charge in [0.25, 0.3) is 0 Å². The number of carbonyl (C=O) groups excluding carboxylic acids is 2. The van der Waals surface area contributed by atoms with Gasteiger partial charge in [-0.15, -0.1) is 0 Å². The molecule has 2 aromatic carbocycles. The van der Waals surface area contributed by atoms with Crippen molar-refractivity contribution in [1.29, 1.82) is 0 Å². The molecule has 0 unspecified atom stereocenters. The second kappa shape index (κ2) is 9.43. The van der Waals surface area contributed by atoms with Gasteiger partial charge in [0.05, 0.1) is 0 Å². The first kappa shape index (κ1) is 21.4. The zero-order valence-corrected chi connectivity index (χ0v) is 17.1. The molecule has 0 heterocycles. The van der Waals surface area contributed by atoms with Gasteiger partial charge in [0.1, 0.15) is 19.2 Å². The molecule has 3 N–H and O–H groups in total. The SMILES string of the molecule is CC[C@H](C)[C@H](NC(=O)CNC(=O)OCC1c2ccccc2-c2ccccc21)C(=O)O. The lowest BCUT2D eigenvalue weighted by Gasteiger charge is -2.20. The van der Waals surface area contributed by atoms with E-state index >= 15 is 0 Å². The van der Waals surface area contributed by atoms with E-state index in [0.29, 0.717) is 6.42 Å². The summed E-state index contributed by atoms with van der Waals surface area (Å²) >= 11 is 0. The van der Waals surface area contributed by atoms with Gasteiger partial charge < -0.3 is 20.5 Å². The number of alkyl carbamates (subject to hydrolysis) is 1. The number of aliphatic carboxylic acids is 1. The molecule has 2 atom stereocenters. The molecule has 0 bridgehead atoms. The van der Waals surface area contributed by atoms with Crippen LogP contribution in [0.3, 0.4) is 0 Å². The van der Waals surface area contributed by atoms with Crippen molar-refractivity contribution in [2.75, 3.05) is 13.2 Å². The number of hydrogen-bond donors (Lipinski definition) is 3. The predicted octanol–water partition coefficient (Wildman–Crippen LogP) is 3.14. The molecular weight excluding hydrogens is 384 g/mol. The van der Waals surface area contributed by atoms with Crippen molar-refractivity contribution >= 4 is 18.0 Å². The van der Waals surface area contributed by atoms with Crippen LogP contribution in [0.2, 0.25) is 0 Å². The Hall–Kier alpha value is -3.35. The van der Waals surface area contributed by atoms with Gasteiger partial charge in [-0.2, -0.15) is 0 Å². The highest BCUT2D eigenvalue weighted by Gasteiger charge is 2.29. The zero-order valence-electron chi connectivity index (χ0n) is 17.1. The Bertz CT molecular complexity index is 897. The number of nitrogens with one attached hydrogen (secondary N) is 2. The Kier molecular flexibility index (Phi) is 6.72. The highest BCUT2D eigenvalue weighted by molar-refractivity contribution is 5.86. The summed E-state index contributed by atoms with van der Waals surface area (Å²) in [5.74, 6) is -1.96. The lowest BCUT2D eigenvalue weighted by atomic mass is 9.98. The van der Waals surface area contributed by atoms with Gasteiger partial charge in [-0.25, -0.2) is 9.59 Å². The molecular formula is C23H26N2O5. The summed E-state index contributed by atoms with van der Waals surface area (Å²) < 4.78 is 5.36. The third-order valence-corrected chi connectivity index (χ3v) is 5.53. The van der Waals surface area contributed by atoms with Crippen molar-refractivity contribution in [2.24, 2.45) is 5.92 Å². The maximum absolute atomic E-state index is 12.1. The number of hydrogen-bond acceptors (Lipinski definition) is 4. The Morgan fingerprint density at radius 2 is 1.60 bits per heavy atom. The molecule has 0 aliphatic heterocycles. The molecule has 7 heteroatoms. The number of rotatable bonds is 8. The summed E-state index contributed by atoms with van der Waals surface area (Å²) in [5.41, 5.74) is 4.46. The molecule has 0 radical (unpaired) electrons. The van der Waals surface area contributed by atoms with Crippen LogP contribution in [-0.2, 0) is 14.3 Å². The van der Waals surface area contributed by atoms with Crippen molar-refractivity contribution in [1.82, 2.24) is 10.6 Å². The van der Waals surface area contributed by atoms with Crippen LogP contribution in [0.25, 0.3) is 11.1 Å². The summed E-state index contributed by atoms with van der Waals surface area (Å²) in [6.07, 6.45) is -0.112. The number of amides is 2. The summed E-state index contributed by atoms with van der Waals surface area (Å²) in [4.78, 5) is 35.4. The van der Waals surface area contributed by atoms with Crippen LogP contribution < -0.4 is 10.6 Å². The Morgan fingerprint density at radius 3 is 2.13 bits per heavy atom. The van der Waals surface area contributed by atoms with Gasteiger partial charge in [-0.05, 0) is 28.2 Å². The first-order valence-electron chi connectivity index (χ1n) is 10.0. The smallest absolute Gasteiger partial charge is 0.407 e. The van der Waals surface area contributed by atoms with Crippen molar-refractivity contribution in [3.63, 3.8) is 0 Å². The minimum absolute atomic E-state index is 0.0706. The van der Waals surface area contributed by atoms with E-state index in [2.05, 4.69) is 22.8 Å². The number of benzene rings is 2. The highest BCUT2D eigenvalue weighted by atomic mass is 16.5. The van der Waals surface area contributed by atoms with Gasteiger partial charge >= 0.3 is 12.1 Å². The number of carbonyl (C=O) groups is 3. The minimum Gasteiger partial charge on any atom is -0.480 e. The molecule has 0 saturated carbocycles. The van der Waals surface area contributed by atoms with E-state index in [4.69, 9.17) is 4.74 Å². The zero-order chi connectivity index (χ0) is 21.7. The molecule has 1 aliphatic carbocycles. The number of fused-ring (bicyclic) bond motifs is 3. The van der Waals surface area contributed by atoms with Crippen LogP contribution >= 0.6 is 0 Å². The Balaban J connectivity index is 1.54. The quantitative estimate of drug-likeness (QED) is 0.620. The third-order valence-electron chi connectivity index (χ3n) is 5.53. The topological polar surface area (TPSA) is 105 Å². The third kappa shape index (κ3) is 4.62. The van der Waals surface area contributed by atoms with Crippen LogP contribution in [0.15, 0.2) is 48.5 Å². The van der Waals surface area contributed by atoms with E-state index in [0.717, 1.165) is 22.3 Å². The van der Waals surface area contributed by atoms with E-state index in [9.17, 15) is 19.5 Å². The summed E-state index contributed by atoms with van der Waals surface area (Å²) in [6, 6.07) is 15.0. The normalized spacial score (nSPS) is 14.2. The van der Waals surface area contributed by atoms with Gasteiger partial charge in [-0.1, -0.05) is 68.8 Å². The fraction of sp³-hybridized carbons (Fsp3) is 0.348. The van der Waals surface area contributed by atoms with E-state index in [1.54, 1.807) is 6.92 Å². The standard InChI is InChI=1S/C23H26N2O5/c1-3-14(2)21(22(27)28)25-20(26)12-24-23(29)30-13-19-17-10-6-4-8-15(17)16-9-5-7-11-18(16)19/h4-11,14,19,21H,3,12-13H2,1-2H3,(H,24,29)(H,25,26)(H,27,28)/t14-,21-/m0/s1. The van der Waals surface area contributed by atoms with Crippen LogP contribution in [0, 0.1) is 5.92 Å². The predicted molar refractivity (Wildman–Crippen MR) is 112 cm³/mol. The summed E-state index contributed by atoms with van der Waals surface area (Å²) in [5, 5.41) is 14.1. The summed E-state index contributed by atoms with van der Waals surface area (Å²) in [6.45, 7) is 3.39. The van der Waals surface area contributed by atoms with E-state index in [1.165, 1.54) is 0 Å². The van der Waals surface area contributed by atoms with Crippen molar-refractivity contribution in [3.05, 3.63) is 59.7 Å². The minimum atomic E-state index is -1.10. The largest absolute Gasteiger partial charge is 0.480 e. The molecule has 2 amide bonds. The van der Waals surface area contributed by atoms with Crippen LogP contribution in [-0.4, -0.2) is 42.3 Å². The fourth-order valence-electron chi connectivity index (χ4n) is 3.71. The Labute approximate surface area is 175 Å². The molecule has 0 aromatic heterocycles. The number of carboxylic acids is 1. The fourth-order valence-corrected chi connectivity index (χ4v) is 3.71. The average Bonchev–Trinajstić information content (AvgIpc) is 3.07. The maximum Gasteiger partial charge on any atom is 0.407 e. The Morgan fingerprint density at radius 1 is 1.03 bits per heavy atom. The first-order chi connectivity index (χ1) is 14.4. The van der Waals surface area contributed by atoms with Crippen LogP contribution in [0.1, 0.15) is 37.3 Å². The van der Waals surface area contributed by atoms with Gasteiger partial charge in [0.15, 0.2) is 0 Å². The monoisotopic (exact) mass is 410 g/mol. The number of ether oxygens (including phenoxy) is 1. The second-order valence-electron chi connectivity index (χ2n) is 7.45. The number of carboxylic acid groups (broad SMARTS) is 1. The average molecular weight is 410 g/mol. The lowest BCUT2D eigenvalue weighted by Crippen LogP contribution is -2.48. The maximum atomic E-state index is 12.1. The molecule has 0 saturated heterocycles. The van der Waals surface area contributed by atoms with Gasteiger partial charge in [-0.3, -0.25) is 4.79 Å².